The lowest BCUT2D eigenvalue weighted by Gasteiger charge is -2.23. The summed E-state index contributed by atoms with van der Waals surface area (Å²) in [4.78, 5) is 10.5. The summed E-state index contributed by atoms with van der Waals surface area (Å²) in [7, 11) is 0. The summed E-state index contributed by atoms with van der Waals surface area (Å²) < 4.78 is 4.90. The van der Waals surface area contributed by atoms with Crippen LogP contribution < -0.4 is 0 Å². The molecule has 0 aliphatic heterocycles. The Morgan fingerprint density at radius 2 is 0.938 bits per heavy atom. The molecular weight excluding hydrogens is 789 g/mol. The predicted octanol–water partition coefficient (Wildman–Crippen LogP) is 15.6. The van der Waals surface area contributed by atoms with Gasteiger partial charge in [-0.25, -0.2) is 9.97 Å². The molecule has 0 amide bonds. The van der Waals surface area contributed by atoms with E-state index in [0.717, 1.165) is 45.0 Å². The van der Waals surface area contributed by atoms with Crippen LogP contribution in [0.5, 0.6) is 0 Å². The number of para-hydroxylation sites is 3. The first-order chi connectivity index (χ1) is 32.0. The van der Waals surface area contributed by atoms with Crippen molar-refractivity contribution in [3.8, 4) is 67.5 Å². The first kappa shape index (κ1) is 37.2. The number of hydrogen-bond donors (Lipinski definition) is 0. The molecule has 306 valence electrons. The summed E-state index contributed by atoms with van der Waals surface area (Å²) in [6, 6.07) is 78.8. The van der Waals surface area contributed by atoms with Gasteiger partial charge in [-0.1, -0.05) is 172 Å². The molecule has 1 aliphatic carbocycles. The minimum Gasteiger partial charge on any atom is -0.309 e. The highest BCUT2D eigenvalue weighted by Gasteiger charge is 2.39. The van der Waals surface area contributed by atoms with E-state index in [4.69, 9.17) is 9.97 Å². The first-order valence-electron chi connectivity index (χ1n) is 22.4. The van der Waals surface area contributed by atoms with Gasteiger partial charge < -0.3 is 9.13 Å². The van der Waals surface area contributed by atoms with Gasteiger partial charge in [-0.05, 0) is 88.5 Å². The van der Waals surface area contributed by atoms with Crippen molar-refractivity contribution in [3.05, 3.63) is 230 Å². The molecule has 4 nitrogen and oxygen atoms in total. The number of benzene rings is 9. The van der Waals surface area contributed by atoms with Crippen LogP contribution in [0.1, 0.15) is 25.0 Å². The largest absolute Gasteiger partial charge is 0.309 e. The van der Waals surface area contributed by atoms with Crippen molar-refractivity contribution in [3.63, 3.8) is 0 Å². The molecule has 13 rings (SSSR count). The zero-order valence-corrected chi connectivity index (χ0v) is 36.1. The molecule has 0 saturated carbocycles. The summed E-state index contributed by atoms with van der Waals surface area (Å²) in [5.74, 6) is 0.688. The van der Waals surface area contributed by atoms with Crippen LogP contribution in [-0.4, -0.2) is 19.1 Å². The van der Waals surface area contributed by atoms with Gasteiger partial charge >= 0.3 is 0 Å². The Labute approximate surface area is 377 Å². The predicted molar refractivity (Wildman–Crippen MR) is 270 cm³/mol. The van der Waals surface area contributed by atoms with E-state index in [1.807, 2.05) is 12.1 Å². The minimum absolute atomic E-state index is 0.231. The highest BCUT2D eigenvalue weighted by atomic mass is 15.0. The van der Waals surface area contributed by atoms with E-state index < -0.39 is 0 Å². The van der Waals surface area contributed by atoms with Crippen molar-refractivity contribution in [2.45, 2.75) is 19.3 Å². The van der Waals surface area contributed by atoms with E-state index in [0.29, 0.717) is 5.82 Å². The molecule has 0 spiro atoms. The van der Waals surface area contributed by atoms with Gasteiger partial charge in [0, 0.05) is 60.6 Å². The Balaban J connectivity index is 1.09. The average molecular weight is 831 g/mol. The molecule has 12 aromatic rings. The standard InChI is InChI=1S/C61H42N4/c1-61(2)50-30-15-12-28-46(50)58-51(61)37-48(41-33-34-56-49(36-41)45-27-13-16-31-54(45)64(56)43-24-10-5-11-25-43)57-47-29-14-17-32-55(47)65(59(57)58)44-26-18-23-42(35-44)60-62-52(39-19-6-3-7-20-39)38-53(63-60)40-21-8-4-9-22-40/h3-38H,1-2H3. The van der Waals surface area contributed by atoms with Gasteiger partial charge in [0.05, 0.1) is 33.5 Å². The third kappa shape index (κ3) is 5.70. The molecule has 0 unspecified atom stereocenters. The van der Waals surface area contributed by atoms with E-state index in [1.54, 1.807) is 0 Å². The third-order valence-electron chi connectivity index (χ3n) is 13.7. The van der Waals surface area contributed by atoms with Gasteiger partial charge in [0.25, 0.3) is 0 Å². The van der Waals surface area contributed by atoms with E-state index in [9.17, 15) is 0 Å². The van der Waals surface area contributed by atoms with E-state index in [1.165, 1.54) is 71.5 Å². The van der Waals surface area contributed by atoms with Gasteiger partial charge in [-0.15, -0.1) is 0 Å². The molecule has 0 saturated heterocycles. The Bertz CT molecular complexity index is 3780. The van der Waals surface area contributed by atoms with Crippen molar-refractivity contribution in [2.75, 3.05) is 0 Å². The Hall–Kier alpha value is -8.34. The lowest BCUT2D eigenvalue weighted by atomic mass is 9.81. The van der Waals surface area contributed by atoms with Crippen molar-refractivity contribution in [1.82, 2.24) is 19.1 Å². The maximum Gasteiger partial charge on any atom is 0.160 e. The normalized spacial score (nSPS) is 12.9. The fourth-order valence-corrected chi connectivity index (χ4v) is 10.7. The van der Waals surface area contributed by atoms with Gasteiger partial charge in [-0.2, -0.15) is 0 Å². The second-order valence-corrected chi connectivity index (χ2v) is 17.8. The third-order valence-corrected chi connectivity index (χ3v) is 13.7. The second-order valence-electron chi connectivity index (χ2n) is 17.8. The molecule has 1 aliphatic rings. The molecule has 3 heterocycles. The van der Waals surface area contributed by atoms with Crippen LogP contribution in [0.25, 0.3) is 111 Å². The van der Waals surface area contributed by atoms with Crippen LogP contribution in [0.2, 0.25) is 0 Å². The molecular formula is C61H42N4. The second kappa shape index (κ2) is 14.3. The van der Waals surface area contributed by atoms with Crippen LogP contribution in [-0.2, 0) is 5.41 Å². The summed E-state index contributed by atoms with van der Waals surface area (Å²) in [6.45, 7) is 4.78. The van der Waals surface area contributed by atoms with Crippen molar-refractivity contribution in [1.29, 1.82) is 0 Å². The molecule has 0 radical (unpaired) electrons. The van der Waals surface area contributed by atoms with Gasteiger partial charge in [0.2, 0.25) is 0 Å². The minimum atomic E-state index is -0.231. The van der Waals surface area contributed by atoms with Crippen LogP contribution in [0.4, 0.5) is 0 Å². The Kier molecular flexibility index (Phi) is 8.22. The van der Waals surface area contributed by atoms with Crippen LogP contribution >= 0.6 is 0 Å². The molecule has 0 fully saturated rings. The maximum atomic E-state index is 5.25. The fraction of sp³-hybridized carbons (Fsp3) is 0.0492. The quantitative estimate of drug-likeness (QED) is 0.167. The molecule has 4 heteroatoms. The van der Waals surface area contributed by atoms with Gasteiger partial charge in [0.15, 0.2) is 5.82 Å². The number of rotatable bonds is 6. The monoisotopic (exact) mass is 830 g/mol. The molecule has 9 aromatic carbocycles. The van der Waals surface area contributed by atoms with Crippen molar-refractivity contribution >= 4 is 43.6 Å². The van der Waals surface area contributed by atoms with Crippen LogP contribution in [0.3, 0.4) is 0 Å². The Morgan fingerprint density at radius 1 is 0.369 bits per heavy atom. The molecule has 3 aromatic heterocycles. The summed E-state index contributed by atoms with van der Waals surface area (Å²) in [5.41, 5.74) is 19.3. The maximum absolute atomic E-state index is 5.25. The molecule has 0 atom stereocenters. The summed E-state index contributed by atoms with van der Waals surface area (Å²) in [5, 5.41) is 4.94. The van der Waals surface area contributed by atoms with Crippen molar-refractivity contribution < 1.29 is 0 Å². The summed E-state index contributed by atoms with van der Waals surface area (Å²) in [6.07, 6.45) is 0. The Morgan fingerprint density at radius 3 is 1.66 bits per heavy atom. The lowest BCUT2D eigenvalue weighted by Crippen LogP contribution is -2.15. The number of fused-ring (bicyclic) bond motifs is 10. The zero-order valence-electron chi connectivity index (χ0n) is 36.1. The first-order valence-corrected chi connectivity index (χ1v) is 22.4. The lowest BCUT2D eigenvalue weighted by molar-refractivity contribution is 0.661. The van der Waals surface area contributed by atoms with E-state index in [2.05, 4.69) is 229 Å². The average Bonchev–Trinajstić information content (AvgIpc) is 3.97. The van der Waals surface area contributed by atoms with Crippen molar-refractivity contribution in [2.24, 2.45) is 0 Å². The van der Waals surface area contributed by atoms with Gasteiger partial charge in [0.1, 0.15) is 0 Å². The molecule has 65 heavy (non-hydrogen) atoms. The fourth-order valence-electron chi connectivity index (χ4n) is 10.7. The molecule has 0 N–H and O–H groups in total. The number of hydrogen-bond acceptors (Lipinski definition) is 2. The smallest absolute Gasteiger partial charge is 0.160 e. The van der Waals surface area contributed by atoms with Gasteiger partial charge in [-0.3, -0.25) is 0 Å². The highest BCUT2D eigenvalue weighted by molar-refractivity contribution is 6.22. The zero-order chi connectivity index (χ0) is 43.2. The van der Waals surface area contributed by atoms with E-state index >= 15 is 0 Å². The van der Waals surface area contributed by atoms with Crippen LogP contribution in [0.15, 0.2) is 218 Å². The SMILES string of the molecule is CC1(C)c2ccccc2-c2c1cc(-c1ccc3c(c1)c1ccccc1n3-c1ccccc1)c1c3ccccc3n(-c3cccc(-c4nc(-c5ccccc5)cc(-c5ccccc5)n4)c3)c21. The van der Waals surface area contributed by atoms with Crippen LogP contribution in [0, 0.1) is 0 Å². The summed E-state index contributed by atoms with van der Waals surface area (Å²) >= 11 is 0. The number of aromatic nitrogens is 4. The van der Waals surface area contributed by atoms with E-state index in [-0.39, 0.29) is 5.41 Å². The molecule has 0 bridgehead atoms. The number of nitrogens with zero attached hydrogens (tertiary/aromatic N) is 4. The highest BCUT2D eigenvalue weighted by Crippen LogP contribution is 2.55. The topological polar surface area (TPSA) is 35.6 Å².